The maximum absolute atomic E-state index is 10.9. The Morgan fingerprint density at radius 2 is 2.09 bits per heavy atom. The van der Waals surface area contributed by atoms with Crippen LogP contribution in [0.4, 0.5) is 5.13 Å². The number of amides is 1. The molecule has 1 amide bonds. The van der Waals surface area contributed by atoms with Crippen LogP contribution in [0, 0.1) is 0 Å². The van der Waals surface area contributed by atoms with E-state index in [4.69, 9.17) is 11.5 Å². The van der Waals surface area contributed by atoms with Crippen molar-refractivity contribution >= 4 is 53.1 Å². The van der Waals surface area contributed by atoms with E-state index >= 15 is 0 Å². The predicted octanol–water partition coefficient (Wildman–Crippen LogP) is 1.59. The molecule has 0 aromatic carbocycles. The highest BCUT2D eigenvalue weighted by molar-refractivity contribution is 7.13. The van der Waals surface area contributed by atoms with E-state index in [1.807, 2.05) is 17.5 Å². The fourth-order valence-corrected chi connectivity index (χ4v) is 2.19. The standard InChI is InChI=1S/C12H14N6OS.2ClH/c1-7(19)16-5-8-2-3-15-9(4-8)10-6-20-12(17-10)18-11(13)14;;/h2-4,6H,5H2,1H3,(H,16,19)(H4,13,14,17,18);2*1H. The van der Waals surface area contributed by atoms with Gasteiger partial charge >= 0.3 is 0 Å². The van der Waals surface area contributed by atoms with E-state index in [1.54, 1.807) is 6.20 Å². The highest BCUT2D eigenvalue weighted by atomic mass is 35.5. The Labute approximate surface area is 144 Å². The minimum atomic E-state index is -0.0768. The topological polar surface area (TPSA) is 119 Å². The van der Waals surface area contributed by atoms with Crippen LogP contribution in [-0.2, 0) is 11.3 Å². The van der Waals surface area contributed by atoms with Crippen LogP contribution in [-0.4, -0.2) is 21.8 Å². The van der Waals surface area contributed by atoms with Crippen molar-refractivity contribution in [2.45, 2.75) is 13.5 Å². The maximum atomic E-state index is 10.9. The first-order valence-corrected chi connectivity index (χ1v) is 6.67. The first-order chi connectivity index (χ1) is 9.54. The van der Waals surface area contributed by atoms with E-state index in [0.717, 1.165) is 5.56 Å². The quantitative estimate of drug-likeness (QED) is 0.563. The minimum Gasteiger partial charge on any atom is -0.370 e. The molecule has 0 bridgehead atoms. The van der Waals surface area contributed by atoms with Crippen LogP contribution in [0.25, 0.3) is 11.4 Å². The lowest BCUT2D eigenvalue weighted by Gasteiger charge is -2.03. The Morgan fingerprint density at radius 1 is 1.36 bits per heavy atom. The van der Waals surface area contributed by atoms with Gasteiger partial charge in [-0.05, 0) is 17.7 Å². The molecule has 7 nitrogen and oxygen atoms in total. The van der Waals surface area contributed by atoms with Gasteiger partial charge in [-0.3, -0.25) is 9.78 Å². The molecule has 0 aliphatic heterocycles. The summed E-state index contributed by atoms with van der Waals surface area (Å²) in [4.78, 5) is 23.3. The molecule has 120 valence electrons. The van der Waals surface area contributed by atoms with Gasteiger partial charge in [-0.15, -0.1) is 36.2 Å². The van der Waals surface area contributed by atoms with Gasteiger partial charge in [-0.25, -0.2) is 4.98 Å². The molecule has 10 heteroatoms. The highest BCUT2D eigenvalue weighted by Gasteiger charge is 2.06. The van der Waals surface area contributed by atoms with E-state index in [2.05, 4.69) is 20.3 Å². The van der Waals surface area contributed by atoms with Crippen LogP contribution in [0.2, 0.25) is 0 Å². The van der Waals surface area contributed by atoms with Crippen LogP contribution in [0.5, 0.6) is 0 Å². The molecular weight excluding hydrogens is 347 g/mol. The number of aromatic nitrogens is 2. The molecule has 0 fully saturated rings. The number of pyridine rings is 1. The number of nitrogens with two attached hydrogens (primary N) is 2. The summed E-state index contributed by atoms with van der Waals surface area (Å²) in [6.07, 6.45) is 1.67. The second-order valence-electron chi connectivity index (χ2n) is 4.01. The molecule has 0 saturated heterocycles. The summed E-state index contributed by atoms with van der Waals surface area (Å²) >= 11 is 1.33. The normalized spacial score (nSPS) is 9.14. The van der Waals surface area contributed by atoms with Gasteiger partial charge in [-0.2, -0.15) is 4.99 Å². The van der Waals surface area contributed by atoms with Crippen molar-refractivity contribution in [2.75, 3.05) is 0 Å². The van der Waals surface area contributed by atoms with Gasteiger partial charge in [0.25, 0.3) is 0 Å². The largest absolute Gasteiger partial charge is 0.370 e. The van der Waals surface area contributed by atoms with E-state index in [1.165, 1.54) is 18.3 Å². The summed E-state index contributed by atoms with van der Waals surface area (Å²) in [5.41, 5.74) is 13.0. The zero-order valence-corrected chi connectivity index (χ0v) is 14.1. The molecule has 0 atom stereocenters. The zero-order chi connectivity index (χ0) is 14.5. The third-order valence-corrected chi connectivity index (χ3v) is 3.08. The number of thiazole rings is 1. The van der Waals surface area contributed by atoms with Crippen molar-refractivity contribution in [3.8, 4) is 11.4 Å². The van der Waals surface area contributed by atoms with Crippen molar-refractivity contribution in [1.29, 1.82) is 0 Å². The Morgan fingerprint density at radius 3 is 2.73 bits per heavy atom. The van der Waals surface area contributed by atoms with Crippen molar-refractivity contribution in [3.63, 3.8) is 0 Å². The van der Waals surface area contributed by atoms with Crippen LogP contribution in [0.3, 0.4) is 0 Å². The number of rotatable bonds is 4. The number of nitrogens with one attached hydrogen (secondary N) is 1. The Bertz CT molecular complexity index is 657. The number of carbonyl (C=O) groups excluding carboxylic acids is 1. The van der Waals surface area contributed by atoms with Crippen molar-refractivity contribution in [3.05, 3.63) is 29.3 Å². The molecule has 22 heavy (non-hydrogen) atoms. The fourth-order valence-electron chi connectivity index (χ4n) is 1.49. The van der Waals surface area contributed by atoms with E-state index < -0.39 is 0 Å². The van der Waals surface area contributed by atoms with Gasteiger partial charge in [0.1, 0.15) is 5.69 Å². The number of hydrogen-bond acceptors (Lipinski definition) is 5. The molecule has 2 heterocycles. The summed E-state index contributed by atoms with van der Waals surface area (Å²) in [6.45, 7) is 1.93. The van der Waals surface area contributed by atoms with Gasteiger partial charge < -0.3 is 16.8 Å². The van der Waals surface area contributed by atoms with Gasteiger partial charge in [-0.1, -0.05) is 0 Å². The maximum Gasteiger partial charge on any atom is 0.217 e. The zero-order valence-electron chi connectivity index (χ0n) is 11.6. The van der Waals surface area contributed by atoms with Crippen LogP contribution >= 0.6 is 36.2 Å². The molecule has 0 radical (unpaired) electrons. The molecule has 0 unspecified atom stereocenters. The number of halogens is 2. The minimum absolute atomic E-state index is 0. The monoisotopic (exact) mass is 362 g/mol. The summed E-state index contributed by atoms with van der Waals surface area (Å²) in [7, 11) is 0. The lowest BCUT2D eigenvalue weighted by Crippen LogP contribution is -2.21. The number of nitrogens with zero attached hydrogens (tertiary/aromatic N) is 3. The number of carbonyl (C=O) groups is 1. The van der Waals surface area contributed by atoms with Crippen molar-refractivity contribution in [1.82, 2.24) is 15.3 Å². The van der Waals surface area contributed by atoms with Crippen molar-refractivity contribution in [2.24, 2.45) is 16.5 Å². The third kappa shape index (κ3) is 5.84. The van der Waals surface area contributed by atoms with Gasteiger partial charge in [0.15, 0.2) is 5.96 Å². The third-order valence-electron chi connectivity index (χ3n) is 2.35. The van der Waals surface area contributed by atoms with Crippen LogP contribution < -0.4 is 16.8 Å². The smallest absolute Gasteiger partial charge is 0.217 e. The van der Waals surface area contributed by atoms with Gasteiger partial charge in [0.2, 0.25) is 11.0 Å². The molecular formula is C12H16Cl2N6OS. The SMILES string of the molecule is CC(=O)NCc1ccnc(-c2csc(N=C(N)N)n2)c1.Cl.Cl. The van der Waals surface area contributed by atoms with Gasteiger partial charge in [0, 0.05) is 25.0 Å². The number of aliphatic imine (C=N–C) groups is 1. The second kappa shape index (κ2) is 9.19. The highest BCUT2D eigenvalue weighted by Crippen LogP contribution is 2.25. The average molecular weight is 363 g/mol. The average Bonchev–Trinajstić information content (AvgIpc) is 2.84. The van der Waals surface area contributed by atoms with E-state index in [9.17, 15) is 4.79 Å². The van der Waals surface area contributed by atoms with Crippen molar-refractivity contribution < 1.29 is 4.79 Å². The second-order valence-corrected chi connectivity index (χ2v) is 4.85. The summed E-state index contributed by atoms with van der Waals surface area (Å²) in [5, 5.41) is 5.04. The summed E-state index contributed by atoms with van der Waals surface area (Å²) < 4.78 is 0. The molecule has 2 aromatic rings. The number of guanidine groups is 1. The predicted molar refractivity (Wildman–Crippen MR) is 92.8 cm³/mol. The molecule has 0 aliphatic carbocycles. The molecule has 0 aliphatic rings. The van der Waals surface area contributed by atoms with E-state index in [0.29, 0.717) is 23.1 Å². The van der Waals surface area contributed by atoms with Gasteiger partial charge in [0.05, 0.1) is 5.69 Å². The Kier molecular flexibility index (Phi) is 8.39. The first kappa shape index (κ1) is 20.1. The lowest BCUT2D eigenvalue weighted by molar-refractivity contribution is -0.119. The molecule has 0 saturated carbocycles. The fraction of sp³-hybridized carbons (Fsp3) is 0.167. The lowest BCUT2D eigenvalue weighted by atomic mass is 10.2. The molecule has 0 spiro atoms. The van der Waals surface area contributed by atoms with Crippen LogP contribution in [0.15, 0.2) is 28.7 Å². The molecule has 2 aromatic heterocycles. The van der Waals surface area contributed by atoms with E-state index in [-0.39, 0.29) is 36.7 Å². The Hall–Kier alpha value is -1.90. The number of hydrogen-bond donors (Lipinski definition) is 3. The molecule has 5 N–H and O–H groups in total. The van der Waals surface area contributed by atoms with Crippen LogP contribution in [0.1, 0.15) is 12.5 Å². The summed E-state index contributed by atoms with van der Waals surface area (Å²) in [6, 6.07) is 3.70. The molecule has 2 rings (SSSR count). The first-order valence-electron chi connectivity index (χ1n) is 5.79. The summed E-state index contributed by atoms with van der Waals surface area (Å²) in [5.74, 6) is -0.106. The Balaban J connectivity index is 0.00000220.